The third-order valence-electron chi connectivity index (χ3n) is 4.29. The summed E-state index contributed by atoms with van der Waals surface area (Å²) < 4.78 is 18.2. The van der Waals surface area contributed by atoms with Gasteiger partial charge in [-0.05, 0) is 32.7 Å². The minimum Gasteiger partial charge on any atom is -0.377 e. The summed E-state index contributed by atoms with van der Waals surface area (Å²) in [7, 11) is 1.28. The molecule has 4 heteroatoms. The molecular weight excluding hydrogens is 246 g/mol. The van der Waals surface area contributed by atoms with Gasteiger partial charge >= 0.3 is 0 Å². The van der Waals surface area contributed by atoms with Gasteiger partial charge in [-0.15, -0.1) is 0 Å². The molecule has 0 radical (unpaired) electrons. The summed E-state index contributed by atoms with van der Waals surface area (Å²) in [5.41, 5.74) is 0. The lowest BCUT2D eigenvalue weighted by molar-refractivity contribution is 0.128. The van der Waals surface area contributed by atoms with E-state index in [1.165, 1.54) is 32.1 Å². The molecule has 18 heavy (non-hydrogen) atoms. The number of hydrogen-bond donors (Lipinski definition) is 1. The highest BCUT2D eigenvalue weighted by Crippen LogP contribution is 2.23. The van der Waals surface area contributed by atoms with Gasteiger partial charge in [0.1, 0.15) is 0 Å². The van der Waals surface area contributed by atoms with Gasteiger partial charge in [0.2, 0.25) is 0 Å². The third-order valence-corrected chi connectivity index (χ3v) is 6.23. The molecule has 1 heterocycles. The van der Waals surface area contributed by atoms with E-state index in [1.54, 1.807) is 0 Å². The molecule has 106 valence electrons. The first kappa shape index (κ1) is 14.5. The minimum atomic E-state index is -0.733. The Hall–Kier alpha value is 0.0700. The maximum Gasteiger partial charge on any atom is 0.0691 e. The highest BCUT2D eigenvalue weighted by molar-refractivity contribution is 7.85. The summed E-state index contributed by atoms with van der Waals surface area (Å²) in [4.78, 5) is 0. The molecule has 0 amide bonds. The number of nitrogens with one attached hydrogen (secondary N) is 1. The fourth-order valence-electron chi connectivity index (χ4n) is 3.18. The van der Waals surface area contributed by atoms with Crippen LogP contribution < -0.4 is 5.32 Å². The smallest absolute Gasteiger partial charge is 0.0691 e. The molecule has 1 aliphatic carbocycles. The van der Waals surface area contributed by atoms with E-state index >= 15 is 0 Å². The predicted molar refractivity (Wildman–Crippen MR) is 76.3 cm³/mol. The second kappa shape index (κ2) is 7.61. The van der Waals surface area contributed by atoms with Gasteiger partial charge in [-0.2, -0.15) is 0 Å². The maximum atomic E-state index is 12.6. The van der Waals surface area contributed by atoms with Crippen molar-refractivity contribution in [1.82, 2.24) is 5.32 Å². The molecule has 1 saturated carbocycles. The minimum absolute atomic E-state index is 0.258. The lowest BCUT2D eigenvalue weighted by Gasteiger charge is -2.29. The van der Waals surface area contributed by atoms with Crippen molar-refractivity contribution in [2.75, 3.05) is 19.4 Å². The number of hydrogen-bond acceptors (Lipinski definition) is 3. The van der Waals surface area contributed by atoms with Crippen LogP contribution in [0, 0.1) is 0 Å². The second-order valence-electron chi connectivity index (χ2n) is 5.61. The van der Waals surface area contributed by atoms with Gasteiger partial charge in [0.05, 0.1) is 17.1 Å². The van der Waals surface area contributed by atoms with Gasteiger partial charge in [0.25, 0.3) is 0 Å². The summed E-state index contributed by atoms with van der Waals surface area (Å²) >= 11 is 0. The lowest BCUT2D eigenvalue weighted by Crippen LogP contribution is -2.42. The molecule has 1 saturated heterocycles. The first-order valence-corrected chi connectivity index (χ1v) is 8.85. The van der Waals surface area contributed by atoms with Gasteiger partial charge in [-0.3, -0.25) is 4.21 Å². The van der Waals surface area contributed by atoms with Crippen LogP contribution >= 0.6 is 0 Å². The van der Waals surface area contributed by atoms with Crippen LogP contribution in [0.25, 0.3) is 0 Å². The van der Waals surface area contributed by atoms with E-state index in [-0.39, 0.29) is 6.10 Å². The molecule has 0 aromatic carbocycles. The van der Waals surface area contributed by atoms with E-state index in [2.05, 4.69) is 5.32 Å². The zero-order chi connectivity index (χ0) is 12.8. The first-order valence-electron chi connectivity index (χ1n) is 7.47. The highest BCUT2D eigenvalue weighted by atomic mass is 32.2. The normalized spacial score (nSPS) is 35.9. The van der Waals surface area contributed by atoms with E-state index in [0.29, 0.717) is 11.3 Å². The molecule has 0 spiro atoms. The molecule has 2 aliphatic rings. The topological polar surface area (TPSA) is 38.3 Å². The van der Waals surface area contributed by atoms with Gasteiger partial charge in [0.15, 0.2) is 0 Å². The van der Waals surface area contributed by atoms with E-state index in [4.69, 9.17) is 4.74 Å². The van der Waals surface area contributed by atoms with Crippen LogP contribution in [0.4, 0.5) is 0 Å². The second-order valence-corrected chi connectivity index (χ2v) is 7.31. The van der Waals surface area contributed by atoms with E-state index in [0.717, 1.165) is 31.6 Å². The molecule has 0 bridgehead atoms. The molecule has 2 fully saturated rings. The Balaban J connectivity index is 1.90. The average molecular weight is 273 g/mol. The van der Waals surface area contributed by atoms with Crippen molar-refractivity contribution in [1.29, 1.82) is 0 Å². The summed E-state index contributed by atoms with van der Waals surface area (Å²) in [5.74, 6) is 0.753. The average Bonchev–Trinajstić information content (AvgIpc) is 2.81. The van der Waals surface area contributed by atoms with Crippen molar-refractivity contribution in [3.05, 3.63) is 0 Å². The summed E-state index contributed by atoms with van der Waals surface area (Å²) in [6.45, 7) is 0.863. The Morgan fingerprint density at radius 2 is 1.89 bits per heavy atom. The molecule has 3 nitrogen and oxygen atoms in total. The van der Waals surface area contributed by atoms with Crippen LogP contribution in [0.1, 0.15) is 51.4 Å². The van der Waals surface area contributed by atoms with Crippen molar-refractivity contribution < 1.29 is 8.95 Å². The summed E-state index contributed by atoms with van der Waals surface area (Å²) in [5, 5.41) is 3.73. The zero-order valence-corrected chi connectivity index (χ0v) is 12.3. The van der Waals surface area contributed by atoms with Gasteiger partial charge < -0.3 is 10.1 Å². The third kappa shape index (κ3) is 4.04. The van der Waals surface area contributed by atoms with Crippen LogP contribution in [0.2, 0.25) is 0 Å². The summed E-state index contributed by atoms with van der Waals surface area (Å²) in [6, 6.07) is 0.438. The summed E-state index contributed by atoms with van der Waals surface area (Å²) in [6.07, 6.45) is 9.95. The fourth-order valence-corrected chi connectivity index (χ4v) is 5.12. The molecular formula is C14H27NO2S. The Morgan fingerprint density at radius 1 is 1.11 bits per heavy atom. The predicted octanol–water partition coefficient (Wildman–Crippen LogP) is 2.22. The van der Waals surface area contributed by atoms with Crippen LogP contribution in [0.15, 0.2) is 0 Å². The van der Waals surface area contributed by atoms with Gasteiger partial charge in [0, 0.05) is 23.4 Å². The Kier molecular flexibility index (Phi) is 6.12. The maximum absolute atomic E-state index is 12.6. The van der Waals surface area contributed by atoms with Crippen molar-refractivity contribution in [2.24, 2.45) is 0 Å². The molecule has 4 unspecified atom stereocenters. The number of ether oxygens (including phenoxy) is 1. The highest BCUT2D eigenvalue weighted by Gasteiger charge is 2.29. The van der Waals surface area contributed by atoms with Crippen molar-refractivity contribution >= 4 is 10.8 Å². The fraction of sp³-hybridized carbons (Fsp3) is 1.00. The van der Waals surface area contributed by atoms with E-state index < -0.39 is 10.8 Å². The quantitative estimate of drug-likeness (QED) is 0.853. The number of rotatable bonds is 4. The van der Waals surface area contributed by atoms with Crippen LogP contribution in [0.5, 0.6) is 0 Å². The molecule has 2 rings (SSSR count). The van der Waals surface area contributed by atoms with E-state index in [9.17, 15) is 4.21 Å². The van der Waals surface area contributed by atoms with Crippen molar-refractivity contribution in [3.63, 3.8) is 0 Å². The van der Waals surface area contributed by atoms with Crippen LogP contribution in [-0.4, -0.2) is 41.0 Å². The van der Waals surface area contributed by atoms with Crippen LogP contribution in [0.3, 0.4) is 0 Å². The monoisotopic (exact) mass is 273 g/mol. The molecule has 0 aromatic heterocycles. The van der Waals surface area contributed by atoms with Gasteiger partial charge in [-0.25, -0.2) is 0 Å². The lowest BCUT2D eigenvalue weighted by atomic mass is 9.96. The van der Waals surface area contributed by atoms with Gasteiger partial charge in [-0.1, -0.05) is 25.7 Å². The molecule has 1 aliphatic heterocycles. The van der Waals surface area contributed by atoms with Crippen molar-refractivity contribution in [2.45, 2.75) is 68.8 Å². The zero-order valence-electron chi connectivity index (χ0n) is 11.5. The Morgan fingerprint density at radius 3 is 2.56 bits per heavy atom. The van der Waals surface area contributed by atoms with Crippen LogP contribution in [-0.2, 0) is 15.5 Å². The first-order chi connectivity index (χ1) is 8.81. The molecule has 0 aromatic rings. The van der Waals surface area contributed by atoms with E-state index in [1.807, 2.05) is 7.05 Å². The Labute approximate surface area is 114 Å². The molecule has 4 atom stereocenters. The largest absolute Gasteiger partial charge is 0.377 e. The SMILES string of the molecule is CNC1CCCCCCC1S(=O)CC1CCCO1. The Bertz CT molecular complexity index is 267. The molecule has 1 N–H and O–H groups in total. The standard InChI is InChI=1S/C14H27NO2S/c1-15-13-8-4-2-3-5-9-14(13)18(16)11-12-7-6-10-17-12/h12-15H,2-11H2,1H3. The van der Waals surface area contributed by atoms with Crippen molar-refractivity contribution in [3.8, 4) is 0 Å².